The summed E-state index contributed by atoms with van der Waals surface area (Å²) >= 11 is 0. The molecule has 20 heavy (non-hydrogen) atoms. The maximum absolute atomic E-state index is 6.46. The molecule has 0 spiro atoms. The third-order valence-electron chi connectivity index (χ3n) is 4.20. The first kappa shape index (κ1) is 17.0. The predicted octanol–water partition coefficient (Wildman–Crippen LogP) is 5.28. The molecule has 1 aromatic rings. The van der Waals surface area contributed by atoms with Gasteiger partial charge in [0, 0.05) is 11.5 Å². The molecule has 1 rings (SSSR count). The van der Waals surface area contributed by atoms with E-state index < -0.39 is 0 Å². The van der Waals surface area contributed by atoms with Gasteiger partial charge in [0.25, 0.3) is 0 Å². The van der Waals surface area contributed by atoms with Crippen molar-refractivity contribution in [3.05, 3.63) is 48.6 Å². The summed E-state index contributed by atoms with van der Waals surface area (Å²) in [7, 11) is 0. The van der Waals surface area contributed by atoms with E-state index >= 15 is 0 Å². The molecule has 1 heteroatoms. The Morgan fingerprint density at radius 2 is 1.80 bits per heavy atom. The van der Waals surface area contributed by atoms with E-state index in [1.807, 2.05) is 0 Å². The Morgan fingerprint density at radius 3 is 2.30 bits per heavy atom. The number of unbranched alkanes of at least 4 members (excludes halogenated alkanes) is 3. The number of rotatable bonds is 9. The van der Waals surface area contributed by atoms with E-state index in [0.29, 0.717) is 11.8 Å². The van der Waals surface area contributed by atoms with Gasteiger partial charge >= 0.3 is 0 Å². The molecule has 1 aromatic carbocycles. The van der Waals surface area contributed by atoms with Crippen molar-refractivity contribution < 1.29 is 0 Å². The molecule has 2 N–H and O–H groups in total. The van der Waals surface area contributed by atoms with Gasteiger partial charge in [0.15, 0.2) is 0 Å². The minimum atomic E-state index is -0.180. The molecule has 2 unspecified atom stereocenters. The molecule has 0 aliphatic rings. The second-order valence-corrected chi connectivity index (χ2v) is 6.45. The Balaban J connectivity index is 2.82. The lowest BCUT2D eigenvalue weighted by atomic mass is 9.72. The molecule has 0 fully saturated rings. The maximum Gasteiger partial charge on any atom is 0.0134 e. The van der Waals surface area contributed by atoms with E-state index in [2.05, 4.69) is 63.8 Å². The predicted molar refractivity (Wildman–Crippen MR) is 89.9 cm³/mol. The van der Waals surface area contributed by atoms with E-state index in [0.717, 1.165) is 0 Å². The Labute approximate surface area is 125 Å². The van der Waals surface area contributed by atoms with Crippen molar-refractivity contribution >= 4 is 0 Å². The van der Waals surface area contributed by atoms with E-state index in [1.165, 1.54) is 37.7 Å². The molecule has 0 aliphatic carbocycles. The van der Waals surface area contributed by atoms with Crippen LogP contribution in [0.2, 0.25) is 0 Å². The molecule has 0 bridgehead atoms. The summed E-state index contributed by atoms with van der Waals surface area (Å²) in [5.41, 5.74) is 7.62. The highest BCUT2D eigenvalue weighted by atomic mass is 14.7. The van der Waals surface area contributed by atoms with E-state index in [-0.39, 0.29) is 5.54 Å². The van der Waals surface area contributed by atoms with Crippen molar-refractivity contribution in [1.82, 2.24) is 0 Å². The fourth-order valence-electron chi connectivity index (χ4n) is 3.01. The van der Waals surface area contributed by atoms with Crippen LogP contribution in [0.25, 0.3) is 0 Å². The van der Waals surface area contributed by atoms with Crippen molar-refractivity contribution in [1.29, 1.82) is 0 Å². The molecule has 0 saturated heterocycles. The highest BCUT2D eigenvalue weighted by molar-refractivity contribution is 5.25. The molecule has 0 aliphatic heterocycles. The van der Waals surface area contributed by atoms with E-state index in [9.17, 15) is 0 Å². The number of allylic oxidation sites excluding steroid dienone is 1. The molecule has 2 atom stereocenters. The smallest absolute Gasteiger partial charge is 0.0134 e. The van der Waals surface area contributed by atoms with Crippen LogP contribution in [-0.2, 0) is 0 Å². The molecule has 0 heterocycles. The molecule has 112 valence electrons. The van der Waals surface area contributed by atoms with Gasteiger partial charge in [0.1, 0.15) is 0 Å². The molecule has 0 aromatic heterocycles. The lowest BCUT2D eigenvalue weighted by Gasteiger charge is -2.36. The summed E-state index contributed by atoms with van der Waals surface area (Å²) in [4.78, 5) is 0. The van der Waals surface area contributed by atoms with Crippen molar-refractivity contribution in [2.45, 2.75) is 64.3 Å². The van der Waals surface area contributed by atoms with Gasteiger partial charge in [0.05, 0.1) is 0 Å². The standard InChI is InChI=1S/C19H31N/c1-5-7-8-12-15-18(19(3,4)20)17(6-2)16-13-10-9-11-14-16/h6,9-11,13-14,17-18H,2,5,7-8,12,15,20H2,1,3-4H3. The van der Waals surface area contributed by atoms with Crippen molar-refractivity contribution in [2.75, 3.05) is 0 Å². The van der Waals surface area contributed by atoms with Crippen molar-refractivity contribution in [3.63, 3.8) is 0 Å². The summed E-state index contributed by atoms with van der Waals surface area (Å²) < 4.78 is 0. The van der Waals surface area contributed by atoms with Crippen LogP contribution < -0.4 is 5.73 Å². The van der Waals surface area contributed by atoms with Crippen LogP contribution in [0.3, 0.4) is 0 Å². The topological polar surface area (TPSA) is 26.0 Å². The summed E-state index contributed by atoms with van der Waals surface area (Å²) in [6, 6.07) is 10.6. The third kappa shape index (κ3) is 5.13. The number of nitrogens with two attached hydrogens (primary N) is 1. The zero-order valence-corrected chi connectivity index (χ0v) is 13.4. The first-order valence-electron chi connectivity index (χ1n) is 7.97. The monoisotopic (exact) mass is 273 g/mol. The van der Waals surface area contributed by atoms with Gasteiger partial charge in [-0.3, -0.25) is 0 Å². The fourth-order valence-corrected chi connectivity index (χ4v) is 3.01. The Hall–Kier alpha value is -1.08. The van der Waals surface area contributed by atoms with Gasteiger partial charge in [-0.05, 0) is 31.7 Å². The second-order valence-electron chi connectivity index (χ2n) is 6.45. The van der Waals surface area contributed by atoms with Gasteiger partial charge in [0.2, 0.25) is 0 Å². The minimum Gasteiger partial charge on any atom is -0.325 e. The highest BCUT2D eigenvalue weighted by Gasteiger charge is 2.31. The second kappa shape index (κ2) is 8.26. The average Bonchev–Trinajstić information content (AvgIpc) is 2.42. The van der Waals surface area contributed by atoms with Crippen LogP contribution in [-0.4, -0.2) is 5.54 Å². The molecule has 0 radical (unpaired) electrons. The van der Waals surface area contributed by atoms with Gasteiger partial charge in [-0.25, -0.2) is 0 Å². The molecule has 0 saturated carbocycles. The van der Waals surface area contributed by atoms with Crippen LogP contribution in [0.15, 0.2) is 43.0 Å². The summed E-state index contributed by atoms with van der Waals surface area (Å²) in [5, 5.41) is 0. The highest BCUT2D eigenvalue weighted by Crippen LogP contribution is 2.36. The van der Waals surface area contributed by atoms with Gasteiger partial charge in [-0.1, -0.05) is 69.0 Å². The SMILES string of the molecule is C=CC(c1ccccc1)C(CCCCCC)C(C)(C)N. The molecule has 0 amide bonds. The van der Waals surface area contributed by atoms with Crippen LogP contribution in [0.4, 0.5) is 0 Å². The number of hydrogen-bond donors (Lipinski definition) is 1. The van der Waals surface area contributed by atoms with Crippen LogP contribution in [0.1, 0.15) is 64.4 Å². The van der Waals surface area contributed by atoms with Gasteiger partial charge in [-0.2, -0.15) is 0 Å². The molecular formula is C19H31N. The normalized spacial score (nSPS) is 14.8. The van der Waals surface area contributed by atoms with E-state index in [1.54, 1.807) is 0 Å². The fraction of sp³-hybridized carbons (Fsp3) is 0.579. The first-order chi connectivity index (χ1) is 9.50. The Kier molecular flexibility index (Phi) is 7.01. The zero-order chi connectivity index (χ0) is 15.0. The quantitative estimate of drug-likeness (QED) is 0.481. The third-order valence-corrected chi connectivity index (χ3v) is 4.20. The average molecular weight is 273 g/mol. The first-order valence-corrected chi connectivity index (χ1v) is 7.97. The Bertz CT molecular complexity index is 375. The van der Waals surface area contributed by atoms with Gasteiger partial charge < -0.3 is 5.73 Å². The van der Waals surface area contributed by atoms with Crippen LogP contribution in [0, 0.1) is 5.92 Å². The lowest BCUT2D eigenvalue weighted by molar-refractivity contribution is 0.268. The number of hydrogen-bond acceptors (Lipinski definition) is 1. The van der Waals surface area contributed by atoms with Crippen molar-refractivity contribution in [3.8, 4) is 0 Å². The summed E-state index contributed by atoms with van der Waals surface area (Å²) in [6.07, 6.45) is 8.42. The maximum atomic E-state index is 6.46. The van der Waals surface area contributed by atoms with Crippen LogP contribution in [0.5, 0.6) is 0 Å². The molecular weight excluding hydrogens is 242 g/mol. The largest absolute Gasteiger partial charge is 0.325 e. The van der Waals surface area contributed by atoms with Gasteiger partial charge in [-0.15, -0.1) is 6.58 Å². The summed E-state index contributed by atoms with van der Waals surface area (Å²) in [6.45, 7) is 10.6. The lowest BCUT2D eigenvalue weighted by Crippen LogP contribution is -2.43. The molecule has 1 nitrogen and oxygen atoms in total. The number of benzene rings is 1. The van der Waals surface area contributed by atoms with E-state index in [4.69, 9.17) is 5.73 Å². The Morgan fingerprint density at radius 1 is 1.15 bits per heavy atom. The van der Waals surface area contributed by atoms with Crippen molar-refractivity contribution in [2.24, 2.45) is 11.7 Å². The minimum absolute atomic E-state index is 0.180. The van der Waals surface area contributed by atoms with Crippen LogP contribution >= 0.6 is 0 Å². The zero-order valence-electron chi connectivity index (χ0n) is 13.4. The summed E-state index contributed by atoms with van der Waals surface area (Å²) in [5.74, 6) is 0.789.